The highest BCUT2D eigenvalue weighted by Crippen LogP contribution is 2.25. The van der Waals surface area contributed by atoms with Gasteiger partial charge in [-0.3, -0.25) is 9.59 Å². The van der Waals surface area contributed by atoms with E-state index in [1.807, 2.05) is 19.9 Å². The zero-order chi connectivity index (χ0) is 22.9. The van der Waals surface area contributed by atoms with Gasteiger partial charge >= 0.3 is 0 Å². The van der Waals surface area contributed by atoms with Crippen molar-refractivity contribution in [1.29, 1.82) is 0 Å². The third kappa shape index (κ3) is 7.57. The topological polar surface area (TPSA) is 106 Å². The molecule has 0 unspecified atom stereocenters. The van der Waals surface area contributed by atoms with Crippen molar-refractivity contribution in [2.24, 2.45) is 5.10 Å². The molecule has 1 aliphatic rings. The summed E-state index contributed by atoms with van der Waals surface area (Å²) in [6, 6.07) is 7.20. The number of morpholine rings is 1. The number of rotatable bonds is 8. The quantitative estimate of drug-likeness (QED) is 0.246. The van der Waals surface area contributed by atoms with Crippen LogP contribution in [0.15, 0.2) is 39.0 Å². The predicted molar refractivity (Wildman–Crippen MR) is 125 cm³/mol. The van der Waals surface area contributed by atoms with Gasteiger partial charge in [0.15, 0.2) is 11.8 Å². The van der Waals surface area contributed by atoms with Gasteiger partial charge in [0.2, 0.25) is 0 Å². The van der Waals surface area contributed by atoms with Gasteiger partial charge in [0.05, 0.1) is 29.7 Å². The average Bonchev–Trinajstić information content (AvgIpc) is 2.77. The summed E-state index contributed by atoms with van der Waals surface area (Å²) in [6.07, 6.45) is 1.53. The number of nitrogens with zero attached hydrogens (tertiary/aromatic N) is 4. The number of hydrazone groups is 1. The number of aromatic nitrogens is 2. The van der Waals surface area contributed by atoms with Crippen molar-refractivity contribution in [1.82, 2.24) is 20.3 Å². The molecule has 1 aliphatic heterocycles. The van der Waals surface area contributed by atoms with Crippen LogP contribution in [0.4, 0.5) is 0 Å². The molecular weight excluding hydrogens is 498 g/mol. The van der Waals surface area contributed by atoms with E-state index < -0.39 is 0 Å². The lowest BCUT2D eigenvalue weighted by Gasteiger charge is -2.26. The summed E-state index contributed by atoms with van der Waals surface area (Å²) in [7, 11) is 0. The van der Waals surface area contributed by atoms with Gasteiger partial charge in [0.25, 0.3) is 11.8 Å². The number of thioether (sulfide) groups is 1. The molecule has 0 bridgehead atoms. The molecule has 32 heavy (non-hydrogen) atoms. The first-order valence-electron chi connectivity index (χ1n) is 9.95. The van der Waals surface area contributed by atoms with E-state index in [0.29, 0.717) is 41.7 Å². The molecule has 11 heteroatoms. The van der Waals surface area contributed by atoms with Gasteiger partial charge in [-0.1, -0.05) is 11.8 Å². The Hall–Kier alpha value is -2.50. The molecule has 0 atom stereocenters. The van der Waals surface area contributed by atoms with Gasteiger partial charge in [-0.2, -0.15) is 5.10 Å². The molecule has 1 fully saturated rings. The largest absolute Gasteiger partial charge is 0.483 e. The molecule has 170 valence electrons. The first-order valence-corrected chi connectivity index (χ1v) is 11.7. The zero-order valence-electron chi connectivity index (χ0n) is 17.8. The molecular formula is C21H24BrN5O4S. The minimum Gasteiger partial charge on any atom is -0.483 e. The number of hydrogen-bond acceptors (Lipinski definition) is 8. The van der Waals surface area contributed by atoms with Gasteiger partial charge in [-0.05, 0) is 59.6 Å². The number of ether oxygens (including phenoxy) is 2. The first-order chi connectivity index (χ1) is 15.4. The number of halogens is 1. The van der Waals surface area contributed by atoms with Crippen LogP contribution in [0.3, 0.4) is 0 Å². The van der Waals surface area contributed by atoms with Crippen LogP contribution in [0, 0.1) is 13.8 Å². The van der Waals surface area contributed by atoms with Crippen molar-refractivity contribution in [3.05, 3.63) is 45.7 Å². The SMILES string of the molecule is Cc1cc(C)nc(SCC(=O)N/N=C\c2ccc(OCC(=O)N3CCOCC3)c(Br)c2)n1. The Morgan fingerprint density at radius 2 is 1.97 bits per heavy atom. The third-order valence-corrected chi connectivity index (χ3v) is 5.83. The Balaban J connectivity index is 1.44. The van der Waals surface area contributed by atoms with Crippen molar-refractivity contribution in [2.75, 3.05) is 38.7 Å². The van der Waals surface area contributed by atoms with E-state index in [1.165, 1.54) is 18.0 Å². The molecule has 9 nitrogen and oxygen atoms in total. The Bertz CT molecular complexity index is 978. The monoisotopic (exact) mass is 521 g/mol. The summed E-state index contributed by atoms with van der Waals surface area (Å²) in [5, 5.41) is 4.55. The standard InChI is InChI=1S/C21H24BrN5O4S/c1-14-9-15(2)25-21(24-14)32-13-19(28)26-23-11-16-3-4-18(17(22)10-16)31-12-20(29)27-5-7-30-8-6-27/h3-4,9-11H,5-8,12-13H2,1-2H3,(H,26,28)/b23-11-. The Kier molecular flexibility index (Phi) is 9.00. The van der Waals surface area contributed by atoms with E-state index in [2.05, 4.69) is 36.4 Å². The molecule has 1 aromatic heterocycles. The van der Waals surface area contributed by atoms with Crippen molar-refractivity contribution < 1.29 is 19.1 Å². The number of hydrogen-bond donors (Lipinski definition) is 1. The minimum absolute atomic E-state index is 0.0378. The van der Waals surface area contributed by atoms with Crippen LogP contribution in [0.2, 0.25) is 0 Å². The van der Waals surface area contributed by atoms with Gasteiger partial charge in [0, 0.05) is 24.5 Å². The molecule has 1 aromatic carbocycles. The van der Waals surface area contributed by atoms with Crippen molar-refractivity contribution in [2.45, 2.75) is 19.0 Å². The predicted octanol–water partition coefficient (Wildman–Crippen LogP) is 2.34. The highest BCUT2D eigenvalue weighted by Gasteiger charge is 2.17. The number of benzene rings is 1. The first kappa shape index (κ1) is 24.1. The maximum absolute atomic E-state index is 12.2. The molecule has 2 amide bonds. The van der Waals surface area contributed by atoms with Gasteiger partial charge < -0.3 is 14.4 Å². The molecule has 0 saturated carbocycles. The second-order valence-corrected chi connectivity index (χ2v) is 8.78. The average molecular weight is 522 g/mol. The molecule has 2 aromatic rings. The van der Waals surface area contributed by atoms with E-state index in [0.717, 1.165) is 17.0 Å². The van der Waals surface area contributed by atoms with Crippen LogP contribution < -0.4 is 10.2 Å². The molecule has 0 aliphatic carbocycles. The summed E-state index contributed by atoms with van der Waals surface area (Å²) in [6.45, 7) is 6.01. The number of carbonyl (C=O) groups excluding carboxylic acids is 2. The second kappa shape index (κ2) is 11.9. The Morgan fingerprint density at radius 1 is 1.25 bits per heavy atom. The summed E-state index contributed by atoms with van der Waals surface area (Å²) in [5.74, 6) is 0.387. The van der Waals surface area contributed by atoms with Crippen LogP contribution >= 0.6 is 27.7 Å². The maximum atomic E-state index is 12.2. The van der Waals surface area contributed by atoms with E-state index in [4.69, 9.17) is 9.47 Å². The molecule has 0 spiro atoms. The third-order valence-electron chi connectivity index (χ3n) is 4.37. The van der Waals surface area contributed by atoms with Crippen LogP contribution in [0.25, 0.3) is 0 Å². The number of amides is 2. The van der Waals surface area contributed by atoms with E-state index >= 15 is 0 Å². The summed E-state index contributed by atoms with van der Waals surface area (Å²) >= 11 is 4.70. The lowest BCUT2D eigenvalue weighted by atomic mass is 10.2. The van der Waals surface area contributed by atoms with Crippen molar-refractivity contribution >= 4 is 45.7 Å². The van der Waals surface area contributed by atoms with E-state index in [1.54, 1.807) is 23.1 Å². The van der Waals surface area contributed by atoms with Gasteiger partial charge in [-0.25, -0.2) is 15.4 Å². The molecule has 3 rings (SSSR count). The lowest BCUT2D eigenvalue weighted by Crippen LogP contribution is -2.43. The van der Waals surface area contributed by atoms with Crippen LogP contribution in [-0.4, -0.2) is 71.6 Å². The number of nitrogens with one attached hydrogen (secondary N) is 1. The van der Waals surface area contributed by atoms with Crippen molar-refractivity contribution in [3.8, 4) is 5.75 Å². The fourth-order valence-corrected chi connectivity index (χ4v) is 4.11. The van der Waals surface area contributed by atoms with Crippen LogP contribution in [0.1, 0.15) is 17.0 Å². The summed E-state index contributed by atoms with van der Waals surface area (Å²) in [5.41, 5.74) is 4.97. The smallest absolute Gasteiger partial charge is 0.260 e. The number of aryl methyl sites for hydroxylation is 2. The fraction of sp³-hybridized carbons (Fsp3) is 0.381. The summed E-state index contributed by atoms with van der Waals surface area (Å²) in [4.78, 5) is 34.5. The maximum Gasteiger partial charge on any atom is 0.260 e. The molecule has 1 saturated heterocycles. The molecule has 1 N–H and O–H groups in total. The number of carbonyl (C=O) groups is 2. The lowest BCUT2D eigenvalue weighted by molar-refractivity contribution is -0.137. The Morgan fingerprint density at radius 3 is 2.66 bits per heavy atom. The van der Waals surface area contributed by atoms with E-state index in [9.17, 15) is 9.59 Å². The van der Waals surface area contributed by atoms with Crippen LogP contribution in [0.5, 0.6) is 5.75 Å². The zero-order valence-corrected chi connectivity index (χ0v) is 20.2. The summed E-state index contributed by atoms with van der Waals surface area (Å²) < 4.78 is 11.6. The van der Waals surface area contributed by atoms with Crippen LogP contribution in [-0.2, 0) is 14.3 Å². The normalized spacial score (nSPS) is 13.9. The van der Waals surface area contributed by atoms with E-state index in [-0.39, 0.29) is 24.2 Å². The molecule has 0 radical (unpaired) electrons. The van der Waals surface area contributed by atoms with Gasteiger partial charge in [-0.15, -0.1) is 0 Å². The van der Waals surface area contributed by atoms with Gasteiger partial charge in [0.1, 0.15) is 5.75 Å². The highest BCUT2D eigenvalue weighted by molar-refractivity contribution is 9.10. The minimum atomic E-state index is -0.255. The molecule has 2 heterocycles. The highest BCUT2D eigenvalue weighted by atomic mass is 79.9. The Labute approximate surface area is 199 Å². The van der Waals surface area contributed by atoms with Crippen molar-refractivity contribution in [3.63, 3.8) is 0 Å². The fourth-order valence-electron chi connectivity index (χ4n) is 2.86. The second-order valence-electron chi connectivity index (χ2n) is 6.99.